The minimum atomic E-state index is -1.12. The van der Waals surface area contributed by atoms with E-state index in [4.69, 9.17) is 0 Å². The van der Waals surface area contributed by atoms with Gasteiger partial charge in [0.15, 0.2) is 11.6 Å². The summed E-state index contributed by atoms with van der Waals surface area (Å²) in [6.07, 6.45) is -0.253. The first-order valence-corrected chi connectivity index (χ1v) is 6.68. The molecule has 0 saturated heterocycles. The number of anilines is 1. The molecule has 0 radical (unpaired) electrons. The Balaban J connectivity index is 2.28. The number of rotatable bonds is 3. The number of carbonyl (C=O) groups excluding carboxylic acids is 3. The quantitative estimate of drug-likeness (QED) is 0.825. The van der Waals surface area contributed by atoms with E-state index in [-0.39, 0.29) is 23.4 Å². The summed E-state index contributed by atoms with van der Waals surface area (Å²) in [5, 5.41) is 4.82. The maximum absolute atomic E-state index is 13.2. The minimum Gasteiger partial charge on any atom is -0.466 e. The second-order valence-electron chi connectivity index (χ2n) is 4.95. The van der Waals surface area contributed by atoms with Gasteiger partial charge in [-0.3, -0.25) is 9.59 Å². The van der Waals surface area contributed by atoms with E-state index in [0.29, 0.717) is 0 Å². The van der Waals surface area contributed by atoms with Crippen LogP contribution in [-0.4, -0.2) is 24.9 Å². The van der Waals surface area contributed by atoms with Crippen LogP contribution in [0.5, 0.6) is 0 Å². The van der Waals surface area contributed by atoms with Crippen LogP contribution in [0.25, 0.3) is 0 Å². The molecule has 0 spiro atoms. The lowest BCUT2D eigenvalue weighted by atomic mass is 9.89. The van der Waals surface area contributed by atoms with Gasteiger partial charge in [0.05, 0.1) is 18.6 Å². The molecule has 2 amide bonds. The van der Waals surface area contributed by atoms with Crippen molar-refractivity contribution in [3.8, 4) is 0 Å². The first-order valence-electron chi connectivity index (χ1n) is 6.68. The molecule has 1 aromatic carbocycles. The molecule has 0 aromatic heterocycles. The summed E-state index contributed by atoms with van der Waals surface area (Å²) >= 11 is 0. The molecule has 0 aliphatic carbocycles. The van der Waals surface area contributed by atoms with Gasteiger partial charge in [0, 0.05) is 23.9 Å². The van der Waals surface area contributed by atoms with Crippen LogP contribution in [0.3, 0.4) is 0 Å². The average molecular weight is 324 g/mol. The lowest BCUT2D eigenvalue weighted by molar-refractivity contribution is -0.139. The normalized spacial score (nSPS) is 17.6. The van der Waals surface area contributed by atoms with Crippen LogP contribution in [-0.2, 0) is 19.1 Å². The Morgan fingerprint density at radius 1 is 1.30 bits per heavy atom. The number of hydrogen-bond donors (Lipinski definition) is 2. The molecule has 122 valence electrons. The number of esters is 1. The van der Waals surface area contributed by atoms with Crippen LogP contribution in [0.4, 0.5) is 14.5 Å². The summed E-state index contributed by atoms with van der Waals surface area (Å²) in [7, 11) is 1.16. The monoisotopic (exact) mass is 324 g/mol. The van der Waals surface area contributed by atoms with Gasteiger partial charge in [0.25, 0.3) is 0 Å². The van der Waals surface area contributed by atoms with E-state index in [2.05, 4.69) is 15.4 Å². The van der Waals surface area contributed by atoms with Gasteiger partial charge in [0.2, 0.25) is 11.8 Å². The van der Waals surface area contributed by atoms with E-state index in [9.17, 15) is 23.2 Å². The Kier molecular flexibility index (Phi) is 4.73. The standard InChI is InChI=1S/C15H14F2N2O4/c1-7-13(15(22)23-2)9(6-12(20)18-7)14(21)19-8-3-4-10(16)11(17)5-8/h3-5,9H,6H2,1-2H3,(H,18,20)(H,19,21)/t9-/m0/s1. The first-order chi connectivity index (χ1) is 10.8. The summed E-state index contributed by atoms with van der Waals surface area (Å²) in [5.74, 6) is -5.11. The lowest BCUT2D eigenvalue weighted by Crippen LogP contribution is -2.40. The van der Waals surface area contributed by atoms with Crippen molar-refractivity contribution in [2.75, 3.05) is 12.4 Å². The van der Waals surface area contributed by atoms with Crippen molar-refractivity contribution in [2.45, 2.75) is 13.3 Å². The van der Waals surface area contributed by atoms with Gasteiger partial charge in [-0.25, -0.2) is 13.6 Å². The fraction of sp³-hybridized carbons (Fsp3) is 0.267. The second kappa shape index (κ2) is 6.55. The maximum Gasteiger partial charge on any atom is 0.336 e. The molecule has 1 aliphatic rings. The van der Waals surface area contributed by atoms with E-state index >= 15 is 0 Å². The molecule has 8 heteroatoms. The molecule has 2 rings (SSSR count). The second-order valence-corrected chi connectivity index (χ2v) is 4.95. The molecule has 0 fully saturated rings. The van der Waals surface area contributed by atoms with E-state index in [1.54, 1.807) is 0 Å². The Bertz CT molecular complexity index is 715. The molecule has 0 unspecified atom stereocenters. The summed E-state index contributed by atoms with van der Waals surface area (Å²) in [6.45, 7) is 1.47. The summed E-state index contributed by atoms with van der Waals surface area (Å²) < 4.78 is 30.7. The van der Waals surface area contributed by atoms with Crippen LogP contribution < -0.4 is 10.6 Å². The van der Waals surface area contributed by atoms with Crippen LogP contribution in [0.2, 0.25) is 0 Å². The van der Waals surface area contributed by atoms with Crippen molar-refractivity contribution in [1.82, 2.24) is 5.32 Å². The summed E-state index contributed by atoms with van der Waals surface area (Å²) in [5.41, 5.74) is 0.257. The highest BCUT2D eigenvalue weighted by Crippen LogP contribution is 2.26. The largest absolute Gasteiger partial charge is 0.466 e. The predicted octanol–water partition coefficient (Wildman–Crippen LogP) is 1.49. The van der Waals surface area contributed by atoms with Gasteiger partial charge in [-0.05, 0) is 19.1 Å². The van der Waals surface area contributed by atoms with Crippen molar-refractivity contribution in [3.05, 3.63) is 41.1 Å². The van der Waals surface area contributed by atoms with Crippen LogP contribution >= 0.6 is 0 Å². The summed E-state index contributed by atoms with van der Waals surface area (Å²) in [6, 6.07) is 2.85. The van der Waals surface area contributed by atoms with Gasteiger partial charge in [-0.15, -0.1) is 0 Å². The number of carbonyl (C=O) groups is 3. The highest BCUT2D eigenvalue weighted by atomic mass is 19.2. The molecule has 6 nitrogen and oxygen atoms in total. The molecule has 1 aromatic rings. The predicted molar refractivity (Wildman–Crippen MR) is 76.0 cm³/mol. The van der Waals surface area contributed by atoms with E-state index in [1.165, 1.54) is 13.0 Å². The Morgan fingerprint density at radius 2 is 2.00 bits per heavy atom. The molecule has 1 aliphatic heterocycles. The topological polar surface area (TPSA) is 84.5 Å². The molecule has 0 saturated carbocycles. The number of hydrogen-bond acceptors (Lipinski definition) is 4. The van der Waals surface area contributed by atoms with Gasteiger partial charge in [-0.2, -0.15) is 0 Å². The van der Waals surface area contributed by atoms with Crippen molar-refractivity contribution < 1.29 is 27.9 Å². The number of ether oxygens (including phenoxy) is 1. The van der Waals surface area contributed by atoms with Crippen molar-refractivity contribution in [2.24, 2.45) is 5.92 Å². The van der Waals surface area contributed by atoms with Gasteiger partial charge < -0.3 is 15.4 Å². The molecular formula is C15H14F2N2O4. The van der Waals surface area contributed by atoms with Crippen LogP contribution in [0, 0.1) is 17.6 Å². The number of allylic oxidation sites excluding steroid dienone is 1. The third kappa shape index (κ3) is 3.53. The SMILES string of the molecule is COC(=O)C1=C(C)NC(=O)C[C@@H]1C(=O)Nc1ccc(F)c(F)c1. The zero-order valence-electron chi connectivity index (χ0n) is 12.4. The fourth-order valence-electron chi connectivity index (χ4n) is 2.31. The molecule has 1 atom stereocenters. The number of amides is 2. The number of halogens is 2. The average Bonchev–Trinajstić information content (AvgIpc) is 2.49. The molecule has 0 bridgehead atoms. The van der Waals surface area contributed by atoms with E-state index < -0.39 is 35.3 Å². The fourth-order valence-corrected chi connectivity index (χ4v) is 2.31. The third-order valence-electron chi connectivity index (χ3n) is 3.38. The third-order valence-corrected chi connectivity index (χ3v) is 3.38. The Morgan fingerprint density at radius 3 is 2.61 bits per heavy atom. The van der Waals surface area contributed by atoms with Gasteiger partial charge in [0.1, 0.15) is 0 Å². The smallest absolute Gasteiger partial charge is 0.336 e. The number of methoxy groups -OCH3 is 1. The molecule has 1 heterocycles. The highest BCUT2D eigenvalue weighted by Gasteiger charge is 2.36. The zero-order valence-corrected chi connectivity index (χ0v) is 12.4. The maximum atomic E-state index is 13.2. The van der Waals surface area contributed by atoms with Crippen LogP contribution in [0.1, 0.15) is 13.3 Å². The molecular weight excluding hydrogens is 310 g/mol. The lowest BCUT2D eigenvalue weighted by Gasteiger charge is -2.25. The van der Waals surface area contributed by atoms with Crippen molar-refractivity contribution in [1.29, 1.82) is 0 Å². The molecule has 23 heavy (non-hydrogen) atoms. The first kappa shape index (κ1) is 16.6. The number of nitrogens with one attached hydrogen (secondary N) is 2. The van der Waals surface area contributed by atoms with Crippen LogP contribution in [0.15, 0.2) is 29.5 Å². The van der Waals surface area contributed by atoms with Gasteiger partial charge >= 0.3 is 5.97 Å². The van der Waals surface area contributed by atoms with Crippen molar-refractivity contribution in [3.63, 3.8) is 0 Å². The van der Waals surface area contributed by atoms with Gasteiger partial charge in [-0.1, -0.05) is 0 Å². The van der Waals surface area contributed by atoms with E-state index in [0.717, 1.165) is 19.2 Å². The minimum absolute atomic E-state index is 0.0155. The van der Waals surface area contributed by atoms with Crippen molar-refractivity contribution >= 4 is 23.5 Å². The summed E-state index contributed by atoms with van der Waals surface area (Å²) in [4.78, 5) is 35.8. The highest BCUT2D eigenvalue weighted by molar-refractivity contribution is 6.06. The number of benzene rings is 1. The van der Waals surface area contributed by atoms with E-state index in [1.807, 2.05) is 0 Å². The Hall–Kier alpha value is -2.77. The molecule has 2 N–H and O–H groups in total. The Labute approximate surface area is 130 Å². The zero-order chi connectivity index (χ0) is 17.1.